The molecule has 1 atom stereocenters. The maximum Gasteiger partial charge on any atom is 0.254 e. The van der Waals surface area contributed by atoms with Gasteiger partial charge in [-0.05, 0) is 13.6 Å². The van der Waals surface area contributed by atoms with Gasteiger partial charge in [0.05, 0.1) is 0 Å². The minimum atomic E-state index is -1.28. The molecule has 100 valence electrons. The Balaban J connectivity index is 3.06. The Kier molecular flexibility index (Phi) is 5.36. The molecular weight excluding hydrogens is 240 g/mol. The summed E-state index contributed by atoms with van der Waals surface area (Å²) in [5.41, 5.74) is 0. The average Bonchev–Trinajstić information content (AvgIpc) is 2.42. The molecule has 0 saturated carbocycles. The molecule has 0 bridgehead atoms. The summed E-state index contributed by atoms with van der Waals surface area (Å²) in [5.74, 6) is 0.150. The van der Waals surface area contributed by atoms with E-state index in [1.165, 1.54) is 7.11 Å². The van der Waals surface area contributed by atoms with Crippen LogP contribution in [0.3, 0.4) is 0 Å². The smallest absolute Gasteiger partial charge is 0.254 e. The van der Waals surface area contributed by atoms with Gasteiger partial charge in [0.2, 0.25) is 12.2 Å². The summed E-state index contributed by atoms with van der Waals surface area (Å²) in [6.45, 7) is 5.38. The van der Waals surface area contributed by atoms with Crippen LogP contribution in [0.2, 0.25) is 0 Å². The summed E-state index contributed by atoms with van der Waals surface area (Å²) in [5, 5.41) is 22.6. The highest BCUT2D eigenvalue weighted by Gasteiger charge is 2.15. The fourth-order valence-electron chi connectivity index (χ4n) is 1.05. The number of anilines is 2. The molecule has 18 heavy (non-hydrogen) atoms. The predicted octanol–water partition coefficient (Wildman–Crippen LogP) is -0.206. The number of hydrogen-bond acceptors (Lipinski definition) is 9. The maximum atomic E-state index is 9.55. The molecule has 9 heteroatoms. The lowest BCUT2D eigenvalue weighted by Gasteiger charge is -2.15. The molecule has 0 saturated heterocycles. The van der Waals surface area contributed by atoms with Crippen molar-refractivity contribution in [2.24, 2.45) is 4.99 Å². The molecule has 0 fully saturated rings. The van der Waals surface area contributed by atoms with Gasteiger partial charge in [0, 0.05) is 13.7 Å². The second kappa shape index (κ2) is 6.79. The number of aliphatic imine (C=N–C) groups is 1. The molecule has 1 rings (SSSR count). The van der Waals surface area contributed by atoms with Crippen molar-refractivity contribution in [2.45, 2.75) is 13.2 Å². The van der Waals surface area contributed by atoms with Crippen LogP contribution in [-0.4, -0.2) is 52.4 Å². The largest absolute Gasteiger partial charge is 0.365 e. The van der Waals surface area contributed by atoms with Gasteiger partial charge in [-0.3, -0.25) is 10.2 Å². The fourth-order valence-corrected chi connectivity index (χ4v) is 1.05. The van der Waals surface area contributed by atoms with Crippen molar-refractivity contribution in [1.82, 2.24) is 15.0 Å². The van der Waals surface area contributed by atoms with E-state index in [-0.39, 0.29) is 31.0 Å². The van der Waals surface area contributed by atoms with Crippen LogP contribution in [0, 0.1) is 0 Å². The molecule has 3 N–H and O–H groups in total. The quantitative estimate of drug-likeness (QED) is 0.349. The number of aliphatic hydroxyl groups is 1. The van der Waals surface area contributed by atoms with Crippen LogP contribution in [0.15, 0.2) is 4.99 Å². The summed E-state index contributed by atoms with van der Waals surface area (Å²) < 4.78 is 4.81. The van der Waals surface area contributed by atoms with Gasteiger partial charge in [0.15, 0.2) is 5.82 Å². The van der Waals surface area contributed by atoms with Gasteiger partial charge in [0.25, 0.3) is 5.95 Å². The van der Waals surface area contributed by atoms with Gasteiger partial charge >= 0.3 is 0 Å². The zero-order valence-electron chi connectivity index (χ0n) is 10.2. The van der Waals surface area contributed by atoms with E-state index in [9.17, 15) is 10.3 Å². The molecule has 1 aromatic rings. The van der Waals surface area contributed by atoms with Crippen molar-refractivity contribution in [3.8, 4) is 0 Å². The van der Waals surface area contributed by atoms with Crippen molar-refractivity contribution in [3.05, 3.63) is 5.82 Å². The van der Waals surface area contributed by atoms with E-state index in [2.05, 4.69) is 32.0 Å². The van der Waals surface area contributed by atoms with Crippen LogP contribution in [-0.2, 0) is 4.74 Å². The summed E-state index contributed by atoms with van der Waals surface area (Å²) in [6, 6.07) is 0. The van der Waals surface area contributed by atoms with Gasteiger partial charge in [-0.15, -0.1) is 0 Å². The van der Waals surface area contributed by atoms with E-state index in [0.29, 0.717) is 0 Å². The second-order valence-corrected chi connectivity index (χ2v) is 3.20. The van der Waals surface area contributed by atoms with Gasteiger partial charge in [0.1, 0.15) is 6.73 Å². The Morgan fingerprint density at radius 3 is 2.78 bits per heavy atom. The van der Waals surface area contributed by atoms with Crippen LogP contribution in [0.5, 0.6) is 0 Å². The first-order valence-corrected chi connectivity index (χ1v) is 5.21. The summed E-state index contributed by atoms with van der Waals surface area (Å²) in [7, 11) is 1.50. The third kappa shape index (κ3) is 3.58. The van der Waals surface area contributed by atoms with Crippen molar-refractivity contribution in [3.63, 3.8) is 0 Å². The number of rotatable bonds is 7. The van der Waals surface area contributed by atoms with Gasteiger partial charge in [-0.2, -0.15) is 15.0 Å². The first kappa shape index (κ1) is 14.2. The number of nitrogens with zero attached hydrogens (tertiary/aromatic N) is 5. The number of aromatic nitrogens is 3. The van der Waals surface area contributed by atoms with E-state index in [1.807, 2.05) is 0 Å². The van der Waals surface area contributed by atoms with Crippen molar-refractivity contribution < 1.29 is 15.1 Å². The highest BCUT2D eigenvalue weighted by atomic mass is 16.5. The highest BCUT2D eigenvalue weighted by Crippen LogP contribution is 2.14. The van der Waals surface area contributed by atoms with Crippen LogP contribution >= 0.6 is 0 Å². The Hall–Kier alpha value is -1.84. The standard InChI is InChI=1S/C9H16N6O3/c1-4-15(17)9-13-6(7(16)10-2)12-8(14-9)11-5-18-3/h7,16-17H,2,4-5H2,1,3H3,(H,11,12,13,14). The number of hydrogen-bond donors (Lipinski definition) is 3. The molecule has 1 unspecified atom stereocenters. The second-order valence-electron chi connectivity index (χ2n) is 3.20. The third-order valence-corrected chi connectivity index (χ3v) is 1.95. The normalized spacial score (nSPS) is 12.0. The van der Waals surface area contributed by atoms with E-state index in [1.54, 1.807) is 6.92 Å². The van der Waals surface area contributed by atoms with Gasteiger partial charge in [-0.25, -0.2) is 5.06 Å². The fraction of sp³-hybridized carbons (Fsp3) is 0.556. The van der Waals surface area contributed by atoms with Crippen LogP contribution in [0.4, 0.5) is 11.9 Å². The lowest BCUT2D eigenvalue weighted by Crippen LogP contribution is -2.22. The molecule has 0 aliphatic heterocycles. The van der Waals surface area contributed by atoms with E-state index in [0.717, 1.165) is 5.06 Å². The average molecular weight is 256 g/mol. The molecule has 1 heterocycles. The Morgan fingerprint density at radius 2 is 2.22 bits per heavy atom. The first-order chi connectivity index (χ1) is 8.62. The van der Waals surface area contributed by atoms with E-state index in [4.69, 9.17) is 4.74 Å². The van der Waals surface area contributed by atoms with E-state index < -0.39 is 6.23 Å². The van der Waals surface area contributed by atoms with E-state index >= 15 is 0 Å². The van der Waals surface area contributed by atoms with Crippen molar-refractivity contribution in [2.75, 3.05) is 30.8 Å². The number of nitrogens with one attached hydrogen (secondary N) is 1. The van der Waals surface area contributed by atoms with Gasteiger partial charge in [-0.1, -0.05) is 0 Å². The summed E-state index contributed by atoms with van der Waals surface area (Å²) in [4.78, 5) is 15.1. The minimum Gasteiger partial charge on any atom is -0.365 e. The molecule has 1 aromatic heterocycles. The summed E-state index contributed by atoms with van der Waals surface area (Å²) in [6.07, 6.45) is -1.28. The molecule has 9 nitrogen and oxygen atoms in total. The van der Waals surface area contributed by atoms with Gasteiger partial charge < -0.3 is 15.2 Å². The minimum absolute atomic E-state index is 0.00352. The zero-order chi connectivity index (χ0) is 13.5. The Bertz CT molecular complexity index is 402. The van der Waals surface area contributed by atoms with Crippen molar-refractivity contribution >= 4 is 18.6 Å². The van der Waals surface area contributed by atoms with Crippen LogP contribution in [0.1, 0.15) is 19.0 Å². The third-order valence-electron chi connectivity index (χ3n) is 1.95. The highest BCUT2D eigenvalue weighted by molar-refractivity contribution is 5.35. The lowest BCUT2D eigenvalue weighted by molar-refractivity contribution is 0.178. The molecule has 0 amide bonds. The summed E-state index contributed by atoms with van der Waals surface area (Å²) >= 11 is 0. The molecule has 0 aliphatic rings. The topological polar surface area (TPSA) is 116 Å². The van der Waals surface area contributed by atoms with Crippen LogP contribution in [0.25, 0.3) is 0 Å². The Morgan fingerprint density at radius 1 is 1.50 bits per heavy atom. The number of methoxy groups -OCH3 is 1. The lowest BCUT2D eigenvalue weighted by atomic mass is 10.5. The molecule has 0 spiro atoms. The number of hydroxylamine groups is 1. The first-order valence-electron chi connectivity index (χ1n) is 5.21. The maximum absolute atomic E-state index is 9.55. The molecule has 0 aliphatic carbocycles. The predicted molar refractivity (Wildman–Crippen MR) is 64.6 cm³/mol. The zero-order valence-corrected chi connectivity index (χ0v) is 10.2. The molecule has 0 radical (unpaired) electrons. The number of aliphatic hydroxyl groups excluding tert-OH is 1. The number of ether oxygens (including phenoxy) is 1. The van der Waals surface area contributed by atoms with Crippen molar-refractivity contribution in [1.29, 1.82) is 0 Å². The molecular formula is C9H16N6O3. The van der Waals surface area contributed by atoms with Crippen LogP contribution < -0.4 is 10.4 Å². The SMILES string of the molecule is C=NC(O)c1nc(NCOC)nc(N(O)CC)n1. The Labute approximate surface area is 104 Å². The molecule has 0 aromatic carbocycles. The monoisotopic (exact) mass is 256 g/mol.